The van der Waals surface area contributed by atoms with E-state index in [9.17, 15) is 9.90 Å². The van der Waals surface area contributed by atoms with E-state index in [1.165, 1.54) is 0 Å². The topological polar surface area (TPSA) is 77.5 Å². The van der Waals surface area contributed by atoms with Gasteiger partial charge in [-0.1, -0.05) is 11.6 Å². The van der Waals surface area contributed by atoms with Crippen molar-refractivity contribution in [1.82, 2.24) is 15.6 Å². The van der Waals surface area contributed by atoms with Crippen LogP contribution < -0.4 is 15.5 Å². The largest absolute Gasteiger partial charge is 0.508 e. The lowest BCUT2D eigenvalue weighted by atomic mass is 10.2. The third kappa shape index (κ3) is 4.51. The van der Waals surface area contributed by atoms with Crippen molar-refractivity contribution in [2.75, 3.05) is 18.0 Å². The second-order valence-electron chi connectivity index (χ2n) is 7.24. The summed E-state index contributed by atoms with van der Waals surface area (Å²) in [7, 11) is 0. The van der Waals surface area contributed by atoms with Gasteiger partial charge in [0.25, 0.3) is 5.91 Å². The van der Waals surface area contributed by atoms with Gasteiger partial charge in [0.2, 0.25) is 0 Å². The first-order valence-corrected chi connectivity index (χ1v) is 9.69. The molecule has 1 amide bonds. The van der Waals surface area contributed by atoms with Gasteiger partial charge in [-0.25, -0.2) is 4.98 Å². The third-order valence-electron chi connectivity index (χ3n) is 5.06. The zero-order valence-electron chi connectivity index (χ0n) is 15.0. The van der Waals surface area contributed by atoms with Crippen LogP contribution >= 0.6 is 11.6 Å². The van der Waals surface area contributed by atoms with E-state index in [0.29, 0.717) is 29.2 Å². The SMILES string of the molecule is O=C(NC1CC1)c1ccc(N2CC[C@@H](NCc3cc(Cl)ccc3O)C2)nc1. The van der Waals surface area contributed by atoms with Crippen LogP contribution in [-0.2, 0) is 6.54 Å². The van der Waals surface area contributed by atoms with E-state index in [1.54, 1.807) is 24.4 Å². The maximum atomic E-state index is 12.0. The lowest BCUT2D eigenvalue weighted by Crippen LogP contribution is -2.32. The molecule has 2 aliphatic rings. The van der Waals surface area contributed by atoms with Gasteiger partial charge in [0.1, 0.15) is 11.6 Å². The van der Waals surface area contributed by atoms with Crippen LogP contribution in [0.3, 0.4) is 0 Å². The second kappa shape index (κ2) is 7.74. The van der Waals surface area contributed by atoms with Crippen LogP contribution in [-0.4, -0.2) is 41.2 Å². The van der Waals surface area contributed by atoms with E-state index >= 15 is 0 Å². The molecule has 1 atom stereocenters. The van der Waals surface area contributed by atoms with Crippen molar-refractivity contribution in [2.45, 2.75) is 37.9 Å². The highest BCUT2D eigenvalue weighted by Gasteiger charge is 2.25. The molecule has 2 fully saturated rings. The van der Waals surface area contributed by atoms with Crippen molar-refractivity contribution >= 4 is 23.3 Å². The summed E-state index contributed by atoms with van der Waals surface area (Å²) in [6.45, 7) is 2.31. The molecule has 1 saturated carbocycles. The molecule has 6 nitrogen and oxygen atoms in total. The van der Waals surface area contributed by atoms with Crippen molar-refractivity contribution in [3.63, 3.8) is 0 Å². The average Bonchev–Trinajstić information content (AvgIpc) is 3.36. The maximum absolute atomic E-state index is 12.0. The predicted molar refractivity (Wildman–Crippen MR) is 105 cm³/mol. The molecule has 0 radical (unpaired) electrons. The number of hydrogen-bond donors (Lipinski definition) is 3. The lowest BCUT2D eigenvalue weighted by Gasteiger charge is -2.18. The molecule has 0 bridgehead atoms. The first-order valence-electron chi connectivity index (χ1n) is 9.31. The lowest BCUT2D eigenvalue weighted by molar-refractivity contribution is 0.0950. The van der Waals surface area contributed by atoms with Gasteiger partial charge in [-0.05, 0) is 49.6 Å². The number of aromatic nitrogens is 1. The molecule has 4 rings (SSSR count). The Bertz CT molecular complexity index is 823. The van der Waals surface area contributed by atoms with Crippen LogP contribution in [0.4, 0.5) is 5.82 Å². The highest BCUT2D eigenvalue weighted by molar-refractivity contribution is 6.30. The van der Waals surface area contributed by atoms with Crippen molar-refractivity contribution in [2.24, 2.45) is 0 Å². The van der Waals surface area contributed by atoms with Gasteiger partial charge in [-0.3, -0.25) is 4.79 Å². The van der Waals surface area contributed by atoms with E-state index in [4.69, 9.17) is 11.6 Å². The Balaban J connectivity index is 1.31. The molecule has 1 aromatic carbocycles. The molecule has 142 valence electrons. The van der Waals surface area contributed by atoms with Gasteiger partial charge in [-0.2, -0.15) is 0 Å². The van der Waals surface area contributed by atoms with Gasteiger partial charge >= 0.3 is 0 Å². The number of hydrogen-bond acceptors (Lipinski definition) is 5. The molecule has 0 unspecified atom stereocenters. The van der Waals surface area contributed by atoms with Crippen molar-refractivity contribution < 1.29 is 9.90 Å². The number of carbonyl (C=O) groups excluding carboxylic acids is 1. The van der Waals surface area contributed by atoms with Gasteiger partial charge < -0.3 is 20.6 Å². The number of halogens is 1. The van der Waals surface area contributed by atoms with E-state index < -0.39 is 0 Å². The summed E-state index contributed by atoms with van der Waals surface area (Å²) < 4.78 is 0. The standard InChI is InChI=1S/C20H23ClN4O2/c21-15-2-5-18(26)14(9-15)11-22-17-7-8-25(12-17)19-6-1-13(10-23-19)20(27)24-16-3-4-16/h1-2,5-6,9-10,16-17,22,26H,3-4,7-8,11-12H2,(H,24,27)/t17-/m1/s1. The normalized spacial score (nSPS) is 19.3. The molecule has 2 aromatic rings. The van der Waals surface area contributed by atoms with E-state index in [1.807, 2.05) is 12.1 Å². The predicted octanol–water partition coefficient (Wildman–Crippen LogP) is 2.70. The minimum absolute atomic E-state index is 0.0427. The van der Waals surface area contributed by atoms with E-state index in [0.717, 1.165) is 43.7 Å². The van der Waals surface area contributed by atoms with Gasteiger partial charge in [0.05, 0.1) is 5.56 Å². The van der Waals surface area contributed by atoms with Crippen LogP contribution in [0.2, 0.25) is 5.02 Å². The zero-order valence-corrected chi connectivity index (χ0v) is 15.7. The summed E-state index contributed by atoms with van der Waals surface area (Å²) in [5, 5.41) is 17.0. The van der Waals surface area contributed by atoms with E-state index in [2.05, 4.69) is 20.5 Å². The number of phenolic OH excluding ortho intramolecular Hbond substituents is 1. The molecular weight excluding hydrogens is 364 g/mol. The Morgan fingerprint density at radius 2 is 2.07 bits per heavy atom. The average molecular weight is 387 g/mol. The highest BCUT2D eigenvalue weighted by Crippen LogP contribution is 2.23. The fraction of sp³-hybridized carbons (Fsp3) is 0.400. The number of nitrogens with one attached hydrogen (secondary N) is 2. The van der Waals surface area contributed by atoms with Crippen LogP contribution in [0.5, 0.6) is 5.75 Å². The van der Waals surface area contributed by atoms with Crippen molar-refractivity contribution in [3.8, 4) is 5.75 Å². The third-order valence-corrected chi connectivity index (χ3v) is 5.29. The highest BCUT2D eigenvalue weighted by atomic mass is 35.5. The number of rotatable bonds is 6. The fourth-order valence-corrected chi connectivity index (χ4v) is 3.48. The van der Waals surface area contributed by atoms with Gasteiger partial charge in [-0.15, -0.1) is 0 Å². The number of anilines is 1. The first kappa shape index (κ1) is 18.1. The molecule has 27 heavy (non-hydrogen) atoms. The number of nitrogens with zero attached hydrogens (tertiary/aromatic N) is 2. The Labute approximate surface area is 163 Å². The maximum Gasteiger partial charge on any atom is 0.253 e. The van der Waals surface area contributed by atoms with E-state index in [-0.39, 0.29) is 11.7 Å². The fourth-order valence-electron chi connectivity index (χ4n) is 3.29. The molecule has 0 spiro atoms. The Hall–Kier alpha value is -2.31. The van der Waals surface area contributed by atoms with Crippen LogP contribution in [0.15, 0.2) is 36.5 Å². The summed E-state index contributed by atoms with van der Waals surface area (Å²) in [4.78, 5) is 18.7. The molecule has 1 aliphatic carbocycles. The summed E-state index contributed by atoms with van der Waals surface area (Å²) in [5.74, 6) is 1.09. The number of phenols is 1. The molecule has 1 aromatic heterocycles. The molecule has 7 heteroatoms. The number of carbonyl (C=O) groups is 1. The van der Waals surface area contributed by atoms with Crippen LogP contribution in [0.1, 0.15) is 35.2 Å². The number of aromatic hydroxyl groups is 1. The van der Waals surface area contributed by atoms with Crippen molar-refractivity contribution in [1.29, 1.82) is 0 Å². The minimum Gasteiger partial charge on any atom is -0.508 e. The zero-order chi connectivity index (χ0) is 18.8. The summed E-state index contributed by atoms with van der Waals surface area (Å²) in [6, 6.07) is 9.48. The van der Waals surface area contributed by atoms with Gasteiger partial charge in [0, 0.05) is 48.5 Å². The molecule has 2 heterocycles. The summed E-state index contributed by atoms with van der Waals surface area (Å²) in [5.41, 5.74) is 1.40. The first-order chi connectivity index (χ1) is 13.1. The minimum atomic E-state index is -0.0427. The Kier molecular flexibility index (Phi) is 5.18. The summed E-state index contributed by atoms with van der Waals surface area (Å²) in [6.07, 6.45) is 4.80. The van der Waals surface area contributed by atoms with Crippen molar-refractivity contribution in [3.05, 3.63) is 52.7 Å². The van der Waals surface area contributed by atoms with Crippen LogP contribution in [0.25, 0.3) is 0 Å². The quantitative estimate of drug-likeness (QED) is 0.711. The second-order valence-corrected chi connectivity index (χ2v) is 7.67. The Morgan fingerprint density at radius 3 is 2.81 bits per heavy atom. The molecule has 3 N–H and O–H groups in total. The molecule has 1 aliphatic heterocycles. The smallest absolute Gasteiger partial charge is 0.253 e. The monoisotopic (exact) mass is 386 g/mol. The van der Waals surface area contributed by atoms with Gasteiger partial charge in [0.15, 0.2) is 0 Å². The Morgan fingerprint density at radius 1 is 1.22 bits per heavy atom. The number of amides is 1. The summed E-state index contributed by atoms with van der Waals surface area (Å²) >= 11 is 6.00. The molecular formula is C20H23ClN4O2. The number of benzene rings is 1. The molecule has 1 saturated heterocycles. The van der Waals surface area contributed by atoms with Crippen LogP contribution in [0, 0.1) is 0 Å². The number of pyridine rings is 1.